The van der Waals surface area contributed by atoms with Gasteiger partial charge in [0.15, 0.2) is 10.9 Å². The second kappa shape index (κ2) is 10.3. The highest BCUT2D eigenvalue weighted by Gasteiger charge is 2.19. The molecule has 0 fully saturated rings. The summed E-state index contributed by atoms with van der Waals surface area (Å²) in [4.78, 5) is 13.2. The number of hydrogen-bond donors (Lipinski definition) is 0. The molecule has 0 spiro atoms. The van der Waals surface area contributed by atoms with Gasteiger partial charge in [-0.15, -0.1) is 0 Å². The van der Waals surface area contributed by atoms with E-state index in [1.165, 1.54) is 23.9 Å². The minimum Gasteiger partial charge on any atom is -0.616 e. The van der Waals surface area contributed by atoms with Gasteiger partial charge in [-0.1, -0.05) is 11.8 Å². The van der Waals surface area contributed by atoms with Crippen LogP contribution in [0.5, 0.6) is 0 Å². The zero-order valence-electron chi connectivity index (χ0n) is 15.5. The lowest BCUT2D eigenvalue weighted by molar-refractivity contribution is 0.217. The highest BCUT2D eigenvalue weighted by Crippen LogP contribution is 2.32. The maximum absolute atomic E-state index is 13.4. The van der Waals surface area contributed by atoms with E-state index in [1.807, 2.05) is 6.07 Å². The summed E-state index contributed by atoms with van der Waals surface area (Å²) in [6.07, 6.45) is 3.27. The molecule has 2 aromatic heterocycles. The van der Waals surface area contributed by atoms with Gasteiger partial charge in [-0.2, -0.15) is 5.26 Å². The van der Waals surface area contributed by atoms with Crippen LogP contribution in [-0.2, 0) is 15.9 Å². The third-order valence-corrected chi connectivity index (χ3v) is 6.58. The van der Waals surface area contributed by atoms with Gasteiger partial charge in [0.1, 0.15) is 28.2 Å². The third kappa shape index (κ3) is 5.52. The highest BCUT2D eigenvalue weighted by molar-refractivity contribution is 8.12. The number of rotatable bonds is 8. The quantitative estimate of drug-likeness (QED) is 0.307. The van der Waals surface area contributed by atoms with Gasteiger partial charge < -0.3 is 9.29 Å². The molecule has 1 unspecified atom stereocenters. The van der Waals surface area contributed by atoms with Crippen molar-refractivity contribution in [1.29, 1.82) is 5.26 Å². The van der Waals surface area contributed by atoms with Crippen molar-refractivity contribution in [1.82, 2.24) is 15.0 Å². The Morgan fingerprint density at radius 1 is 1.21 bits per heavy atom. The molecule has 0 N–H and O–H groups in total. The molecule has 1 atom stereocenters. The van der Waals surface area contributed by atoms with E-state index in [1.54, 1.807) is 37.7 Å². The predicted octanol–water partition coefficient (Wildman–Crippen LogP) is 3.66. The lowest BCUT2D eigenvalue weighted by Crippen LogP contribution is -2.13. The summed E-state index contributed by atoms with van der Waals surface area (Å²) >= 11 is 0.0974. The zero-order chi connectivity index (χ0) is 20.6. The molecule has 0 aliphatic rings. The molecular weight excluding hydrogens is 411 g/mol. The molecule has 9 heteroatoms. The van der Waals surface area contributed by atoms with Crippen molar-refractivity contribution < 1.29 is 13.7 Å². The smallest absolute Gasteiger partial charge is 0.162 e. The molecule has 29 heavy (non-hydrogen) atoms. The van der Waals surface area contributed by atoms with E-state index in [2.05, 4.69) is 21.0 Å². The largest absolute Gasteiger partial charge is 0.616 e. The number of ether oxygens (including phenoxy) is 1. The molecule has 0 radical (unpaired) electrons. The summed E-state index contributed by atoms with van der Waals surface area (Å²) in [7, 11) is 1.55. The molecule has 3 aromatic rings. The molecule has 1 aromatic carbocycles. The van der Waals surface area contributed by atoms with E-state index in [9.17, 15) is 14.2 Å². The first-order valence-corrected chi connectivity index (χ1v) is 11.0. The number of methoxy groups -OCH3 is 1. The van der Waals surface area contributed by atoms with Crippen LogP contribution in [0.4, 0.5) is 4.39 Å². The Balaban J connectivity index is 2.04. The summed E-state index contributed by atoms with van der Waals surface area (Å²) in [6, 6.07) is 11.5. The first-order valence-electron chi connectivity index (χ1n) is 8.57. The van der Waals surface area contributed by atoms with E-state index in [-0.39, 0.29) is 16.5 Å². The molecule has 0 amide bonds. The Bertz CT molecular complexity index is 998. The van der Waals surface area contributed by atoms with Crippen molar-refractivity contribution in [2.45, 2.75) is 5.03 Å². The summed E-state index contributed by atoms with van der Waals surface area (Å²) < 4.78 is 30.5. The monoisotopic (exact) mass is 428 g/mol. The molecule has 148 valence electrons. The van der Waals surface area contributed by atoms with E-state index in [0.29, 0.717) is 40.0 Å². The topological polar surface area (TPSA) is 94.8 Å². The molecule has 0 bridgehead atoms. The van der Waals surface area contributed by atoms with Crippen LogP contribution >= 0.6 is 11.8 Å². The zero-order valence-corrected chi connectivity index (χ0v) is 17.2. The first kappa shape index (κ1) is 21.2. The summed E-state index contributed by atoms with van der Waals surface area (Å²) in [5.41, 5.74) is 1.94. The number of nitriles is 1. The maximum Gasteiger partial charge on any atom is 0.162 e. The fraction of sp³-hybridized carbons (Fsp3) is 0.200. The fourth-order valence-corrected chi connectivity index (χ4v) is 4.68. The van der Waals surface area contributed by atoms with E-state index < -0.39 is 11.2 Å². The van der Waals surface area contributed by atoms with Crippen LogP contribution < -0.4 is 0 Å². The fourth-order valence-electron chi connectivity index (χ4n) is 2.44. The average Bonchev–Trinajstić information content (AvgIpc) is 2.76. The van der Waals surface area contributed by atoms with Crippen molar-refractivity contribution in [3.63, 3.8) is 0 Å². The number of aromatic nitrogens is 3. The van der Waals surface area contributed by atoms with Crippen molar-refractivity contribution in [3.8, 4) is 28.7 Å². The van der Waals surface area contributed by atoms with Crippen LogP contribution in [0, 0.1) is 17.1 Å². The molecular formula is C20H17FN4O2S2. The highest BCUT2D eigenvalue weighted by atomic mass is 32.3. The van der Waals surface area contributed by atoms with Crippen molar-refractivity contribution in [2.75, 3.05) is 24.6 Å². The molecule has 3 rings (SSSR count). The van der Waals surface area contributed by atoms with Crippen LogP contribution in [0.1, 0.15) is 5.56 Å². The van der Waals surface area contributed by atoms with Crippen molar-refractivity contribution >= 4 is 22.9 Å². The van der Waals surface area contributed by atoms with Crippen LogP contribution in [-0.4, -0.2) is 44.1 Å². The molecule has 0 saturated carbocycles. The number of pyridine rings is 1. The third-order valence-electron chi connectivity index (χ3n) is 3.87. The Hall–Kier alpha value is -2.51. The molecule has 0 aliphatic carbocycles. The molecule has 0 aliphatic heterocycles. The Labute approximate surface area is 175 Å². The van der Waals surface area contributed by atoms with Crippen molar-refractivity contribution in [3.05, 3.63) is 60.2 Å². The second-order valence-corrected chi connectivity index (χ2v) is 8.74. The summed E-state index contributed by atoms with van der Waals surface area (Å²) in [5, 5.41) is 10.4. The van der Waals surface area contributed by atoms with Crippen LogP contribution in [0.2, 0.25) is 0 Å². The lowest BCUT2D eigenvalue weighted by atomic mass is 10.1. The standard InChI is InChI=1S/C20H17FN4O2S2/c1-27-9-10-29(26)13-28-20-17(11-22)18(14-4-6-16(21)7-5-14)24-19(25-20)15-3-2-8-23-12-15/h2-8,12H,9-10,13H2,1H3. The number of thioether (sulfide) groups is 1. The summed E-state index contributed by atoms with van der Waals surface area (Å²) in [6.45, 7) is 0.393. The van der Waals surface area contributed by atoms with Crippen LogP contribution in [0.25, 0.3) is 22.6 Å². The molecule has 6 nitrogen and oxygen atoms in total. The van der Waals surface area contributed by atoms with Gasteiger partial charge in [0.25, 0.3) is 0 Å². The summed E-state index contributed by atoms with van der Waals surface area (Å²) in [5.74, 6) is 0.412. The van der Waals surface area contributed by atoms with Gasteiger partial charge in [-0.25, -0.2) is 14.4 Å². The number of nitrogens with zero attached hydrogens (tertiary/aromatic N) is 4. The number of benzene rings is 1. The average molecular weight is 429 g/mol. The van der Waals surface area contributed by atoms with Gasteiger partial charge in [0.05, 0.1) is 12.3 Å². The van der Waals surface area contributed by atoms with Gasteiger partial charge in [-0.3, -0.25) is 4.98 Å². The number of hydrogen-bond acceptors (Lipinski definition) is 7. The van der Waals surface area contributed by atoms with E-state index >= 15 is 0 Å². The predicted molar refractivity (Wildman–Crippen MR) is 111 cm³/mol. The second-order valence-electron chi connectivity index (χ2n) is 5.84. The Morgan fingerprint density at radius 2 is 2.00 bits per heavy atom. The normalized spacial score (nSPS) is 11.8. The first-order chi connectivity index (χ1) is 14.1. The van der Waals surface area contributed by atoms with E-state index in [4.69, 9.17) is 4.74 Å². The molecule has 0 saturated heterocycles. The maximum atomic E-state index is 13.4. The SMILES string of the molecule is COCC[S+]([O-])CSc1nc(-c2cccnc2)nc(-c2ccc(F)cc2)c1C#N. The molecule has 2 heterocycles. The van der Waals surface area contributed by atoms with Crippen LogP contribution in [0.15, 0.2) is 53.8 Å². The Kier molecular flexibility index (Phi) is 7.55. The van der Waals surface area contributed by atoms with Crippen molar-refractivity contribution in [2.24, 2.45) is 0 Å². The Morgan fingerprint density at radius 3 is 2.66 bits per heavy atom. The van der Waals surface area contributed by atoms with Gasteiger partial charge >= 0.3 is 0 Å². The minimum atomic E-state index is -1.13. The minimum absolute atomic E-state index is 0.262. The lowest BCUT2D eigenvalue weighted by Gasteiger charge is -2.13. The van der Waals surface area contributed by atoms with E-state index in [0.717, 1.165) is 0 Å². The number of halogens is 1. The van der Waals surface area contributed by atoms with Gasteiger partial charge in [0.2, 0.25) is 0 Å². The van der Waals surface area contributed by atoms with Crippen LogP contribution in [0.3, 0.4) is 0 Å². The van der Waals surface area contributed by atoms with Gasteiger partial charge in [-0.05, 0) is 47.6 Å². The van der Waals surface area contributed by atoms with Gasteiger partial charge in [0, 0.05) is 30.6 Å².